The highest BCUT2D eigenvalue weighted by atomic mass is 16.6. The molecule has 2 rings (SSSR count). The molecule has 0 fully saturated rings. The third-order valence-corrected chi connectivity index (χ3v) is 3.38. The Bertz CT molecular complexity index is 591. The second-order valence-corrected chi connectivity index (χ2v) is 4.87. The molecule has 2 atom stereocenters. The van der Waals surface area contributed by atoms with Gasteiger partial charge in [-0.1, -0.05) is 6.08 Å². The van der Waals surface area contributed by atoms with Gasteiger partial charge < -0.3 is 4.74 Å². The summed E-state index contributed by atoms with van der Waals surface area (Å²) < 4.78 is 5.28. The van der Waals surface area contributed by atoms with Crippen LogP contribution in [-0.4, -0.2) is 16.7 Å². The SMILES string of the molecule is CC(=O)O[C@@H](c1ccc([N+](=O)[O-])cc1)[C@@H]1CCC=CC1=O. The standard InChI is InChI=1S/C15H15NO5/c1-10(17)21-15(13-4-2-3-5-14(13)18)11-6-8-12(9-7-11)16(19)20/h3,5-9,13,15H,2,4H2,1H3/t13-,15+/m1/s1. The van der Waals surface area contributed by atoms with E-state index >= 15 is 0 Å². The largest absolute Gasteiger partial charge is 0.457 e. The summed E-state index contributed by atoms with van der Waals surface area (Å²) in [6, 6.07) is 5.73. The summed E-state index contributed by atoms with van der Waals surface area (Å²) in [4.78, 5) is 33.4. The highest BCUT2D eigenvalue weighted by Crippen LogP contribution is 2.33. The molecule has 0 heterocycles. The van der Waals surface area contributed by atoms with Crippen LogP contribution in [0.4, 0.5) is 5.69 Å². The molecule has 1 aromatic carbocycles. The molecule has 0 radical (unpaired) electrons. The molecule has 1 aromatic rings. The number of nitrogens with zero attached hydrogens (tertiary/aromatic N) is 1. The summed E-state index contributed by atoms with van der Waals surface area (Å²) >= 11 is 0. The van der Waals surface area contributed by atoms with Gasteiger partial charge in [0.1, 0.15) is 6.10 Å². The number of nitro groups is 1. The maximum atomic E-state index is 12.0. The number of carbonyl (C=O) groups excluding carboxylic acids is 2. The summed E-state index contributed by atoms with van der Waals surface area (Å²) in [5.41, 5.74) is 0.541. The van der Waals surface area contributed by atoms with Crippen molar-refractivity contribution in [3.8, 4) is 0 Å². The molecule has 6 heteroatoms. The van der Waals surface area contributed by atoms with Gasteiger partial charge in [0.2, 0.25) is 0 Å². The Morgan fingerprint density at radius 1 is 1.38 bits per heavy atom. The predicted molar refractivity (Wildman–Crippen MR) is 74.5 cm³/mol. The molecule has 0 N–H and O–H groups in total. The van der Waals surface area contributed by atoms with Gasteiger partial charge in [0.15, 0.2) is 5.78 Å². The van der Waals surface area contributed by atoms with Gasteiger partial charge in [-0.15, -0.1) is 0 Å². The average molecular weight is 289 g/mol. The molecule has 0 spiro atoms. The van der Waals surface area contributed by atoms with Gasteiger partial charge in [-0.3, -0.25) is 19.7 Å². The van der Waals surface area contributed by atoms with Crippen LogP contribution in [0, 0.1) is 16.0 Å². The van der Waals surface area contributed by atoms with Crippen molar-refractivity contribution in [2.75, 3.05) is 0 Å². The molecule has 0 bridgehead atoms. The lowest BCUT2D eigenvalue weighted by Crippen LogP contribution is -2.26. The Labute approximate surface area is 121 Å². The third kappa shape index (κ3) is 3.53. The quantitative estimate of drug-likeness (QED) is 0.483. The van der Waals surface area contributed by atoms with Crippen LogP contribution in [0.3, 0.4) is 0 Å². The predicted octanol–water partition coefficient (Wildman–Crippen LogP) is 2.73. The van der Waals surface area contributed by atoms with E-state index in [-0.39, 0.29) is 11.5 Å². The van der Waals surface area contributed by atoms with Crippen molar-refractivity contribution < 1.29 is 19.2 Å². The topological polar surface area (TPSA) is 86.5 Å². The molecule has 21 heavy (non-hydrogen) atoms. The molecule has 1 aliphatic carbocycles. The molecule has 1 aliphatic rings. The molecule has 0 aromatic heterocycles. The number of nitro benzene ring substituents is 1. The molecular weight excluding hydrogens is 274 g/mol. The van der Waals surface area contributed by atoms with Crippen molar-refractivity contribution in [1.82, 2.24) is 0 Å². The Balaban J connectivity index is 2.31. The maximum absolute atomic E-state index is 12.0. The first kappa shape index (κ1) is 14.9. The highest BCUT2D eigenvalue weighted by Gasteiger charge is 2.32. The van der Waals surface area contributed by atoms with Crippen molar-refractivity contribution >= 4 is 17.4 Å². The normalized spacial score (nSPS) is 19.1. The van der Waals surface area contributed by atoms with Gasteiger partial charge in [0, 0.05) is 19.1 Å². The van der Waals surface area contributed by atoms with Crippen LogP contribution in [0.5, 0.6) is 0 Å². The third-order valence-electron chi connectivity index (χ3n) is 3.38. The molecule has 6 nitrogen and oxygen atoms in total. The zero-order valence-electron chi connectivity index (χ0n) is 11.5. The second-order valence-electron chi connectivity index (χ2n) is 4.87. The van der Waals surface area contributed by atoms with Crippen molar-refractivity contribution in [2.24, 2.45) is 5.92 Å². The second kappa shape index (κ2) is 6.30. The molecular formula is C15H15NO5. The number of hydrogen-bond donors (Lipinski definition) is 0. The van der Waals surface area contributed by atoms with E-state index in [1.54, 1.807) is 6.08 Å². The first-order chi connectivity index (χ1) is 9.99. The summed E-state index contributed by atoms with van der Waals surface area (Å²) in [5.74, 6) is -1.02. The van der Waals surface area contributed by atoms with Crippen LogP contribution in [0.15, 0.2) is 36.4 Å². The van der Waals surface area contributed by atoms with Crippen LogP contribution in [-0.2, 0) is 14.3 Å². The van der Waals surface area contributed by atoms with Crippen LogP contribution >= 0.6 is 0 Å². The monoisotopic (exact) mass is 289 g/mol. The molecule has 0 amide bonds. The number of esters is 1. The van der Waals surface area contributed by atoms with Crippen molar-refractivity contribution in [1.29, 1.82) is 0 Å². The van der Waals surface area contributed by atoms with Gasteiger partial charge in [0.05, 0.1) is 10.8 Å². The van der Waals surface area contributed by atoms with Crippen LogP contribution in [0.2, 0.25) is 0 Å². The molecule has 0 saturated heterocycles. The number of rotatable bonds is 4. The van der Waals surface area contributed by atoms with Crippen LogP contribution in [0.25, 0.3) is 0 Å². The fraction of sp³-hybridized carbons (Fsp3) is 0.333. The van der Waals surface area contributed by atoms with E-state index < -0.39 is 22.9 Å². The number of ketones is 1. The van der Waals surface area contributed by atoms with Crippen molar-refractivity contribution in [3.63, 3.8) is 0 Å². The maximum Gasteiger partial charge on any atom is 0.303 e. The molecule has 0 saturated carbocycles. The molecule has 0 aliphatic heterocycles. The zero-order valence-corrected chi connectivity index (χ0v) is 11.5. The fourth-order valence-corrected chi connectivity index (χ4v) is 2.39. The van der Waals surface area contributed by atoms with Crippen molar-refractivity contribution in [3.05, 3.63) is 52.1 Å². The van der Waals surface area contributed by atoms with Crippen LogP contribution in [0.1, 0.15) is 31.4 Å². The number of allylic oxidation sites excluding steroid dienone is 2. The van der Waals surface area contributed by atoms with Crippen molar-refractivity contribution in [2.45, 2.75) is 25.9 Å². The highest BCUT2D eigenvalue weighted by molar-refractivity contribution is 5.93. The Morgan fingerprint density at radius 3 is 2.57 bits per heavy atom. The van der Waals surface area contributed by atoms with E-state index in [2.05, 4.69) is 0 Å². The first-order valence-electron chi connectivity index (χ1n) is 6.61. The molecule has 110 valence electrons. The fourth-order valence-electron chi connectivity index (χ4n) is 2.39. The Kier molecular flexibility index (Phi) is 4.47. The van der Waals surface area contributed by atoms with Gasteiger partial charge in [-0.2, -0.15) is 0 Å². The summed E-state index contributed by atoms with van der Waals surface area (Å²) in [5, 5.41) is 10.7. The summed E-state index contributed by atoms with van der Waals surface area (Å²) in [6.45, 7) is 1.28. The van der Waals surface area contributed by atoms with E-state index in [0.717, 1.165) is 6.42 Å². The van der Waals surface area contributed by atoms with E-state index in [0.29, 0.717) is 12.0 Å². The molecule has 0 unspecified atom stereocenters. The van der Waals surface area contributed by atoms with Gasteiger partial charge in [-0.05, 0) is 36.6 Å². The van der Waals surface area contributed by atoms with E-state index in [4.69, 9.17) is 4.74 Å². The first-order valence-corrected chi connectivity index (χ1v) is 6.61. The van der Waals surface area contributed by atoms with E-state index in [9.17, 15) is 19.7 Å². The van der Waals surface area contributed by atoms with Crippen LogP contribution < -0.4 is 0 Å². The lowest BCUT2D eigenvalue weighted by atomic mass is 9.85. The lowest BCUT2D eigenvalue weighted by molar-refractivity contribution is -0.384. The van der Waals surface area contributed by atoms with E-state index in [1.165, 1.54) is 37.3 Å². The van der Waals surface area contributed by atoms with Gasteiger partial charge >= 0.3 is 5.97 Å². The number of benzene rings is 1. The van der Waals surface area contributed by atoms with Gasteiger partial charge in [-0.25, -0.2) is 0 Å². The number of non-ortho nitro benzene ring substituents is 1. The number of ether oxygens (including phenoxy) is 1. The minimum atomic E-state index is -0.708. The number of carbonyl (C=O) groups is 2. The minimum absolute atomic E-state index is 0.0461. The van der Waals surface area contributed by atoms with Gasteiger partial charge in [0.25, 0.3) is 5.69 Å². The Hall–Kier alpha value is -2.50. The average Bonchev–Trinajstić information content (AvgIpc) is 2.45. The van der Waals surface area contributed by atoms with E-state index in [1.807, 2.05) is 0 Å². The smallest absolute Gasteiger partial charge is 0.303 e. The number of hydrogen-bond acceptors (Lipinski definition) is 5. The summed E-state index contributed by atoms with van der Waals surface area (Å²) in [6.07, 6.45) is 3.90. The minimum Gasteiger partial charge on any atom is -0.457 e. The lowest BCUT2D eigenvalue weighted by Gasteiger charge is -2.26. The zero-order chi connectivity index (χ0) is 15.4. The summed E-state index contributed by atoms with van der Waals surface area (Å²) in [7, 11) is 0. The Morgan fingerprint density at radius 2 is 2.05 bits per heavy atom.